The highest BCUT2D eigenvalue weighted by Gasteiger charge is 2.34. The van der Waals surface area contributed by atoms with Gasteiger partial charge in [0, 0.05) is 80.2 Å². The molecular formula is C45H47ClF3N7O5S. The molecule has 1 aliphatic carbocycles. The monoisotopic (exact) mass is 889 g/mol. The van der Waals surface area contributed by atoms with Gasteiger partial charge in [0.25, 0.3) is 0 Å². The van der Waals surface area contributed by atoms with Gasteiger partial charge in [0.2, 0.25) is 12.0 Å². The summed E-state index contributed by atoms with van der Waals surface area (Å²) in [7, 11) is 2.13. The fraction of sp³-hybridized carbons (Fsp3) is 0.378. The zero-order chi connectivity index (χ0) is 43.7. The van der Waals surface area contributed by atoms with Crippen LogP contribution < -0.4 is 9.47 Å². The number of aromatic nitrogens is 5. The second kappa shape index (κ2) is 18.1. The number of H-pyrrole nitrogens is 1. The SMILES string of the molecule is CC1=C(c2c(-c3cccc4cc(C)[nH]c34)ncc3snc(O[C@H](Cc4ccccc4OCc4ccnn4CC(F)(F)F)C(=O)O)c23)C(C)CC(OCCN2CCN(C)CC2)=C1Cl. The predicted molar refractivity (Wildman–Crippen MR) is 233 cm³/mol. The topological polar surface area (TPSA) is 131 Å². The largest absolute Gasteiger partial charge is 0.495 e. The van der Waals surface area contributed by atoms with E-state index in [1.54, 1.807) is 30.5 Å². The number of nitrogens with one attached hydrogen (secondary N) is 1. The van der Waals surface area contributed by atoms with E-state index in [0.717, 1.165) is 93.6 Å². The molecule has 0 spiro atoms. The van der Waals surface area contributed by atoms with Gasteiger partial charge in [-0.05, 0) is 73.3 Å². The van der Waals surface area contributed by atoms with Crippen LogP contribution in [-0.4, -0.2) is 104 Å². The normalized spacial score (nSPS) is 17.3. The summed E-state index contributed by atoms with van der Waals surface area (Å²) in [6.07, 6.45) is -2.48. The van der Waals surface area contributed by atoms with Crippen molar-refractivity contribution in [3.05, 3.63) is 106 Å². The Hall–Kier alpha value is -5.42. The standard InChI is InChI=1S/C45H47ClF3N7O5S/c1-26-20-34(59-19-18-55-16-14-54(4)15-17-55)40(46)28(3)37(26)39-38-36(23-50-42(39)32-10-7-9-30-21-27(2)52-41(30)32)62-53-43(38)61-35(44(57)58)22-29-8-5-6-11-33(29)60-24-31-12-13-51-56(31)25-45(47,48)49/h5-13,21,23,26,35,52H,14-20,22,24-25H2,1-4H3,(H,57,58)/t26?,35-/m1/s1. The first kappa shape index (κ1) is 43.2. The fourth-order valence-corrected chi connectivity index (χ4v) is 9.25. The second-order valence-corrected chi connectivity index (χ2v) is 17.1. The zero-order valence-electron chi connectivity index (χ0n) is 34.8. The van der Waals surface area contributed by atoms with Crippen molar-refractivity contribution < 1.29 is 37.3 Å². The number of aryl methyl sites for hydroxylation is 1. The third-order valence-corrected chi connectivity index (χ3v) is 12.7. The minimum absolute atomic E-state index is 0.0913. The lowest BCUT2D eigenvalue weighted by Gasteiger charge is -2.33. The van der Waals surface area contributed by atoms with Crippen LogP contribution in [0.3, 0.4) is 0 Å². The minimum Gasteiger partial charge on any atom is -0.495 e. The fourth-order valence-electron chi connectivity index (χ4n) is 8.32. The first-order valence-electron chi connectivity index (χ1n) is 20.4. The number of aliphatic carboxylic acids is 1. The maximum Gasteiger partial charge on any atom is 0.408 e. The lowest BCUT2D eigenvalue weighted by atomic mass is 9.80. The van der Waals surface area contributed by atoms with Crippen LogP contribution in [0.2, 0.25) is 0 Å². The summed E-state index contributed by atoms with van der Waals surface area (Å²) < 4.78 is 64.6. The van der Waals surface area contributed by atoms with E-state index < -0.39 is 24.8 Å². The van der Waals surface area contributed by atoms with Crippen molar-refractivity contribution in [1.82, 2.24) is 33.9 Å². The molecule has 0 radical (unpaired) electrons. The number of hydrogen-bond donors (Lipinski definition) is 2. The lowest BCUT2D eigenvalue weighted by molar-refractivity contribution is -0.145. The molecule has 1 saturated heterocycles. The van der Waals surface area contributed by atoms with E-state index in [0.29, 0.717) is 45.2 Å². The molecule has 6 aromatic rings. The smallest absolute Gasteiger partial charge is 0.408 e. The molecule has 1 aliphatic heterocycles. The van der Waals surface area contributed by atoms with Gasteiger partial charge in [0.1, 0.15) is 31.3 Å². The van der Waals surface area contributed by atoms with Gasteiger partial charge < -0.3 is 29.2 Å². The molecule has 2 aliphatic rings. The van der Waals surface area contributed by atoms with Crippen LogP contribution in [0, 0.1) is 12.8 Å². The number of para-hydroxylation sites is 2. The number of benzene rings is 2. The number of allylic oxidation sites excluding steroid dienone is 4. The number of ether oxygens (including phenoxy) is 3. The Kier molecular flexibility index (Phi) is 12.6. The molecule has 2 N–H and O–H groups in total. The number of aromatic amines is 1. The van der Waals surface area contributed by atoms with Gasteiger partial charge >= 0.3 is 12.1 Å². The number of rotatable bonds is 15. The summed E-state index contributed by atoms with van der Waals surface area (Å²) in [6.45, 7) is 9.95. The van der Waals surface area contributed by atoms with Crippen LogP contribution in [0.5, 0.6) is 11.6 Å². The molecule has 12 nitrogen and oxygen atoms in total. The van der Waals surface area contributed by atoms with Crippen molar-refractivity contribution >= 4 is 55.7 Å². The molecule has 1 fully saturated rings. The van der Waals surface area contributed by atoms with Crippen LogP contribution in [-0.2, 0) is 29.1 Å². The van der Waals surface area contributed by atoms with E-state index in [4.69, 9.17) is 35.2 Å². The van der Waals surface area contributed by atoms with Gasteiger partial charge in [0.15, 0.2) is 0 Å². The molecule has 2 aromatic carbocycles. The molecule has 17 heteroatoms. The maximum absolute atomic E-state index is 13.2. The first-order chi connectivity index (χ1) is 29.7. The first-order valence-corrected chi connectivity index (χ1v) is 21.6. The van der Waals surface area contributed by atoms with Gasteiger partial charge in [-0.25, -0.2) is 4.79 Å². The highest BCUT2D eigenvalue weighted by molar-refractivity contribution is 7.13. The van der Waals surface area contributed by atoms with E-state index >= 15 is 0 Å². The summed E-state index contributed by atoms with van der Waals surface area (Å²) in [4.78, 5) is 26.3. The molecule has 0 saturated carbocycles. The highest BCUT2D eigenvalue weighted by Crippen LogP contribution is 2.49. The van der Waals surface area contributed by atoms with Gasteiger partial charge in [-0.1, -0.05) is 54.9 Å². The molecule has 2 atom stereocenters. The molecule has 8 rings (SSSR count). The van der Waals surface area contributed by atoms with Crippen LogP contribution >= 0.6 is 23.1 Å². The number of fused-ring (bicyclic) bond motifs is 2. The number of piperazine rings is 1. The number of pyridine rings is 1. The summed E-state index contributed by atoms with van der Waals surface area (Å²) in [6, 6.07) is 16.3. The predicted octanol–water partition coefficient (Wildman–Crippen LogP) is 9.09. The van der Waals surface area contributed by atoms with Crippen LogP contribution in [0.1, 0.15) is 42.8 Å². The zero-order valence-corrected chi connectivity index (χ0v) is 36.3. The van der Waals surface area contributed by atoms with E-state index in [-0.39, 0.29) is 30.5 Å². The third-order valence-electron chi connectivity index (χ3n) is 11.5. The molecule has 4 aromatic heterocycles. The minimum atomic E-state index is -4.47. The number of carboxylic acids is 1. The number of carbonyl (C=O) groups is 1. The molecule has 1 unspecified atom stereocenters. The number of halogens is 4. The number of carboxylic acid groups (broad SMARTS) is 1. The average molecular weight is 890 g/mol. The van der Waals surface area contributed by atoms with Crippen molar-refractivity contribution in [3.8, 4) is 22.9 Å². The van der Waals surface area contributed by atoms with E-state index in [9.17, 15) is 23.1 Å². The van der Waals surface area contributed by atoms with Crippen molar-refractivity contribution in [2.24, 2.45) is 5.92 Å². The number of alkyl halides is 3. The molecule has 0 bridgehead atoms. The van der Waals surface area contributed by atoms with E-state index in [1.165, 1.54) is 12.3 Å². The van der Waals surface area contributed by atoms with Gasteiger partial charge in [0.05, 0.1) is 32.0 Å². The number of nitrogens with zero attached hydrogens (tertiary/aromatic N) is 6. The van der Waals surface area contributed by atoms with Crippen molar-refractivity contribution in [1.29, 1.82) is 0 Å². The molecule has 0 amide bonds. The van der Waals surface area contributed by atoms with E-state index in [1.807, 2.05) is 32.0 Å². The quantitative estimate of drug-likeness (QED) is 0.103. The summed E-state index contributed by atoms with van der Waals surface area (Å²) >= 11 is 8.39. The Morgan fingerprint density at radius 1 is 1.08 bits per heavy atom. The lowest BCUT2D eigenvalue weighted by Crippen LogP contribution is -2.45. The van der Waals surface area contributed by atoms with Crippen molar-refractivity contribution in [2.45, 2.75) is 59.0 Å². The van der Waals surface area contributed by atoms with Crippen molar-refractivity contribution in [3.63, 3.8) is 0 Å². The number of hydrogen-bond acceptors (Lipinski definition) is 10. The Morgan fingerprint density at radius 3 is 2.65 bits per heavy atom. The Morgan fingerprint density at radius 2 is 1.87 bits per heavy atom. The number of likely N-dealkylation sites (N-methyl/N-ethyl adjacent to an activating group) is 1. The van der Waals surface area contributed by atoms with Crippen LogP contribution in [0.15, 0.2) is 83.4 Å². The molecule has 5 heterocycles. The molecule has 62 heavy (non-hydrogen) atoms. The highest BCUT2D eigenvalue weighted by atomic mass is 35.5. The van der Waals surface area contributed by atoms with Gasteiger partial charge in [-0.2, -0.15) is 22.6 Å². The Balaban J connectivity index is 1.15. The third kappa shape index (κ3) is 9.33. The van der Waals surface area contributed by atoms with Gasteiger partial charge in [-0.3, -0.25) is 14.6 Å². The maximum atomic E-state index is 13.2. The van der Waals surface area contributed by atoms with Crippen molar-refractivity contribution in [2.75, 3.05) is 46.4 Å². The summed E-state index contributed by atoms with van der Waals surface area (Å²) in [5, 5.41) is 16.6. The van der Waals surface area contributed by atoms with Crippen LogP contribution in [0.4, 0.5) is 13.2 Å². The molecular weight excluding hydrogens is 843 g/mol. The van der Waals surface area contributed by atoms with Crippen LogP contribution in [0.25, 0.3) is 37.8 Å². The molecule has 326 valence electrons. The Labute approximate surface area is 365 Å². The summed E-state index contributed by atoms with van der Waals surface area (Å²) in [5.74, 6) is -0.174. The van der Waals surface area contributed by atoms with E-state index in [2.05, 4.69) is 39.9 Å². The summed E-state index contributed by atoms with van der Waals surface area (Å²) in [5.41, 5.74) is 6.59. The van der Waals surface area contributed by atoms with Gasteiger partial charge in [-0.15, -0.1) is 0 Å². The average Bonchev–Trinajstić information content (AvgIpc) is 3.97. The second-order valence-electron chi connectivity index (χ2n) is 15.9. The Bertz CT molecular complexity index is 2660.